The average Bonchev–Trinajstić information content (AvgIpc) is 2.32. The zero-order chi connectivity index (χ0) is 12.3. The van der Waals surface area contributed by atoms with E-state index in [1.165, 1.54) is 0 Å². The lowest BCUT2D eigenvalue weighted by molar-refractivity contribution is 0.1000. The molecule has 0 aliphatic carbocycles. The molecule has 1 aromatic carbocycles. The van der Waals surface area contributed by atoms with Crippen LogP contribution in [-0.4, -0.2) is 10.9 Å². The molecule has 5 heteroatoms. The third kappa shape index (κ3) is 2.82. The number of aromatic nitrogens is 1. The second-order valence-electron chi connectivity index (χ2n) is 3.30. The Bertz CT molecular complexity index is 558. The number of amides is 1. The van der Waals surface area contributed by atoms with Crippen molar-refractivity contribution in [3.05, 3.63) is 52.8 Å². The van der Waals surface area contributed by atoms with Gasteiger partial charge in [0.05, 0.1) is 4.47 Å². The summed E-state index contributed by atoms with van der Waals surface area (Å²) in [7, 11) is 0. The fourth-order valence-corrected chi connectivity index (χ4v) is 1.62. The topological polar surface area (TPSA) is 65.2 Å². The summed E-state index contributed by atoms with van der Waals surface area (Å²) >= 11 is 3.32. The van der Waals surface area contributed by atoms with Crippen molar-refractivity contribution in [1.29, 1.82) is 0 Å². The summed E-state index contributed by atoms with van der Waals surface area (Å²) in [5.74, 6) is 0.694. The summed E-state index contributed by atoms with van der Waals surface area (Å²) in [6.45, 7) is 0. The SMILES string of the molecule is NC(=O)c1cccc(Oc2ccncc2Br)c1. The molecule has 0 unspecified atom stereocenters. The number of nitrogens with two attached hydrogens (primary N) is 1. The minimum atomic E-state index is -0.482. The maximum atomic E-state index is 11.0. The number of rotatable bonds is 3. The van der Waals surface area contributed by atoms with Crippen molar-refractivity contribution in [3.8, 4) is 11.5 Å². The molecule has 17 heavy (non-hydrogen) atoms. The van der Waals surface area contributed by atoms with E-state index in [9.17, 15) is 4.79 Å². The highest BCUT2D eigenvalue weighted by Gasteiger charge is 2.05. The fourth-order valence-electron chi connectivity index (χ4n) is 1.29. The molecular weight excluding hydrogens is 284 g/mol. The second kappa shape index (κ2) is 4.97. The number of carbonyl (C=O) groups excluding carboxylic acids is 1. The number of primary amides is 1. The third-order valence-electron chi connectivity index (χ3n) is 2.08. The van der Waals surface area contributed by atoms with Crippen LogP contribution in [0.1, 0.15) is 10.4 Å². The van der Waals surface area contributed by atoms with Gasteiger partial charge in [-0.1, -0.05) is 6.07 Å². The molecule has 0 bridgehead atoms. The molecule has 1 heterocycles. The Morgan fingerprint density at radius 3 is 2.88 bits per heavy atom. The van der Waals surface area contributed by atoms with Crippen LogP contribution in [0.2, 0.25) is 0 Å². The molecule has 86 valence electrons. The Hall–Kier alpha value is -1.88. The molecule has 0 saturated carbocycles. The van der Waals surface area contributed by atoms with Crippen LogP contribution >= 0.6 is 15.9 Å². The quantitative estimate of drug-likeness (QED) is 0.946. The molecule has 0 spiro atoms. The Morgan fingerprint density at radius 1 is 1.35 bits per heavy atom. The van der Waals surface area contributed by atoms with E-state index in [2.05, 4.69) is 20.9 Å². The summed E-state index contributed by atoms with van der Waals surface area (Å²) < 4.78 is 6.35. The first-order valence-corrected chi connectivity index (χ1v) is 5.63. The highest BCUT2D eigenvalue weighted by Crippen LogP contribution is 2.28. The summed E-state index contributed by atoms with van der Waals surface area (Å²) in [4.78, 5) is 15.0. The molecule has 0 aliphatic rings. The molecule has 0 saturated heterocycles. The maximum Gasteiger partial charge on any atom is 0.248 e. The van der Waals surface area contributed by atoms with Crippen LogP contribution < -0.4 is 10.5 Å². The van der Waals surface area contributed by atoms with Crippen LogP contribution in [0.5, 0.6) is 11.5 Å². The van der Waals surface area contributed by atoms with Crippen molar-refractivity contribution in [2.24, 2.45) is 5.73 Å². The van der Waals surface area contributed by atoms with Gasteiger partial charge in [-0.2, -0.15) is 0 Å². The molecule has 2 rings (SSSR count). The standard InChI is InChI=1S/C12H9BrN2O2/c13-10-7-15-5-4-11(10)17-9-3-1-2-8(6-9)12(14)16/h1-7H,(H2,14,16). The zero-order valence-electron chi connectivity index (χ0n) is 8.76. The molecule has 0 radical (unpaired) electrons. The number of hydrogen-bond acceptors (Lipinski definition) is 3. The van der Waals surface area contributed by atoms with Crippen LogP contribution in [0.3, 0.4) is 0 Å². The van der Waals surface area contributed by atoms with Gasteiger partial charge in [0.1, 0.15) is 11.5 Å². The summed E-state index contributed by atoms with van der Waals surface area (Å²) in [5, 5.41) is 0. The normalized spacial score (nSPS) is 9.94. The Kier molecular flexibility index (Phi) is 3.39. The van der Waals surface area contributed by atoms with Crippen LogP contribution in [-0.2, 0) is 0 Å². The maximum absolute atomic E-state index is 11.0. The van der Waals surface area contributed by atoms with Gasteiger partial charge in [0, 0.05) is 24.0 Å². The van der Waals surface area contributed by atoms with E-state index in [-0.39, 0.29) is 0 Å². The van der Waals surface area contributed by atoms with E-state index in [4.69, 9.17) is 10.5 Å². The van der Waals surface area contributed by atoms with E-state index in [1.807, 2.05) is 0 Å². The third-order valence-corrected chi connectivity index (χ3v) is 2.68. The minimum absolute atomic E-state index is 0.410. The van der Waals surface area contributed by atoms with Crippen molar-refractivity contribution in [2.75, 3.05) is 0 Å². The smallest absolute Gasteiger partial charge is 0.248 e. The largest absolute Gasteiger partial charge is 0.456 e. The summed E-state index contributed by atoms with van der Waals surface area (Å²) in [5.41, 5.74) is 5.60. The lowest BCUT2D eigenvalue weighted by atomic mass is 10.2. The molecule has 2 N–H and O–H groups in total. The van der Waals surface area contributed by atoms with Crippen LogP contribution in [0.4, 0.5) is 0 Å². The predicted octanol–water partition coefficient (Wildman–Crippen LogP) is 2.74. The van der Waals surface area contributed by atoms with Gasteiger partial charge in [-0.15, -0.1) is 0 Å². The minimum Gasteiger partial charge on any atom is -0.456 e. The Labute approximate surface area is 107 Å². The first-order valence-electron chi connectivity index (χ1n) is 4.84. The van der Waals surface area contributed by atoms with Gasteiger partial charge >= 0.3 is 0 Å². The van der Waals surface area contributed by atoms with Crippen molar-refractivity contribution in [1.82, 2.24) is 4.98 Å². The van der Waals surface area contributed by atoms with E-state index >= 15 is 0 Å². The van der Waals surface area contributed by atoms with Crippen LogP contribution in [0, 0.1) is 0 Å². The number of benzene rings is 1. The number of hydrogen-bond donors (Lipinski definition) is 1. The Morgan fingerprint density at radius 2 is 2.18 bits per heavy atom. The zero-order valence-corrected chi connectivity index (χ0v) is 10.3. The van der Waals surface area contributed by atoms with E-state index < -0.39 is 5.91 Å². The molecule has 1 aromatic heterocycles. The Balaban J connectivity index is 2.28. The first-order chi connectivity index (χ1) is 8.16. The lowest BCUT2D eigenvalue weighted by Gasteiger charge is -2.07. The number of nitrogens with zero attached hydrogens (tertiary/aromatic N) is 1. The number of halogens is 1. The highest BCUT2D eigenvalue weighted by atomic mass is 79.9. The molecule has 4 nitrogen and oxygen atoms in total. The van der Waals surface area contributed by atoms with Crippen molar-refractivity contribution >= 4 is 21.8 Å². The van der Waals surface area contributed by atoms with Gasteiger partial charge in [-0.25, -0.2) is 0 Å². The van der Waals surface area contributed by atoms with Gasteiger partial charge in [0.2, 0.25) is 5.91 Å². The first kappa shape index (κ1) is 11.6. The van der Waals surface area contributed by atoms with Gasteiger partial charge in [0.15, 0.2) is 0 Å². The molecule has 0 fully saturated rings. The van der Waals surface area contributed by atoms with Gasteiger partial charge in [0.25, 0.3) is 0 Å². The van der Waals surface area contributed by atoms with Gasteiger partial charge in [-0.3, -0.25) is 9.78 Å². The molecule has 0 atom stereocenters. The number of pyridine rings is 1. The van der Waals surface area contributed by atoms with E-state index in [0.29, 0.717) is 17.1 Å². The summed E-state index contributed by atoms with van der Waals surface area (Å²) in [6.07, 6.45) is 3.26. The molecule has 0 aliphatic heterocycles. The number of ether oxygens (including phenoxy) is 1. The van der Waals surface area contributed by atoms with Gasteiger partial charge in [-0.05, 0) is 34.1 Å². The average molecular weight is 293 g/mol. The van der Waals surface area contributed by atoms with E-state index in [0.717, 1.165) is 4.47 Å². The van der Waals surface area contributed by atoms with Crippen molar-refractivity contribution in [2.45, 2.75) is 0 Å². The molecule has 1 amide bonds. The molecular formula is C12H9BrN2O2. The van der Waals surface area contributed by atoms with E-state index in [1.54, 1.807) is 42.7 Å². The van der Waals surface area contributed by atoms with Gasteiger partial charge < -0.3 is 10.5 Å². The fraction of sp³-hybridized carbons (Fsp3) is 0. The second-order valence-corrected chi connectivity index (χ2v) is 4.15. The predicted molar refractivity (Wildman–Crippen MR) is 67.0 cm³/mol. The summed E-state index contributed by atoms with van der Waals surface area (Å²) in [6, 6.07) is 8.41. The lowest BCUT2D eigenvalue weighted by Crippen LogP contribution is -2.10. The van der Waals surface area contributed by atoms with Crippen LogP contribution in [0.15, 0.2) is 47.2 Å². The number of carbonyl (C=O) groups is 1. The van der Waals surface area contributed by atoms with Crippen LogP contribution in [0.25, 0.3) is 0 Å². The van der Waals surface area contributed by atoms with Crippen molar-refractivity contribution < 1.29 is 9.53 Å². The monoisotopic (exact) mass is 292 g/mol. The highest BCUT2D eigenvalue weighted by molar-refractivity contribution is 9.10. The van der Waals surface area contributed by atoms with Crippen molar-refractivity contribution in [3.63, 3.8) is 0 Å². The molecule has 2 aromatic rings.